The van der Waals surface area contributed by atoms with Crippen molar-refractivity contribution in [1.29, 1.82) is 0 Å². The van der Waals surface area contributed by atoms with Gasteiger partial charge in [-0.25, -0.2) is 0 Å². The second-order valence-electron chi connectivity index (χ2n) is 2.66. The van der Waals surface area contributed by atoms with Crippen LogP contribution in [-0.4, -0.2) is 28.7 Å². The SMILES string of the molecule is Cc1nn(CCOCCS)cc1Cl. The molecule has 0 unspecified atom stereocenters. The summed E-state index contributed by atoms with van der Waals surface area (Å²) in [7, 11) is 0. The average Bonchev–Trinajstić information content (AvgIpc) is 2.41. The van der Waals surface area contributed by atoms with E-state index in [1.165, 1.54) is 0 Å². The van der Waals surface area contributed by atoms with Gasteiger partial charge in [0.05, 0.1) is 30.5 Å². The number of hydrogen-bond donors (Lipinski definition) is 1. The molecule has 74 valence electrons. The maximum atomic E-state index is 5.83. The fourth-order valence-corrected chi connectivity index (χ4v) is 1.21. The van der Waals surface area contributed by atoms with E-state index in [4.69, 9.17) is 16.3 Å². The van der Waals surface area contributed by atoms with Crippen LogP contribution in [0, 0.1) is 6.92 Å². The van der Waals surface area contributed by atoms with Gasteiger partial charge >= 0.3 is 0 Å². The molecule has 0 amide bonds. The molecule has 1 aromatic heterocycles. The Labute approximate surface area is 88.4 Å². The lowest BCUT2D eigenvalue weighted by Gasteiger charge is -2.01. The Bertz CT molecular complexity index is 245. The van der Waals surface area contributed by atoms with E-state index < -0.39 is 0 Å². The molecule has 1 heterocycles. The van der Waals surface area contributed by atoms with Crippen LogP contribution in [0.15, 0.2) is 6.20 Å². The molecule has 0 saturated carbocycles. The van der Waals surface area contributed by atoms with E-state index >= 15 is 0 Å². The lowest BCUT2D eigenvalue weighted by molar-refractivity contribution is 0.138. The quantitative estimate of drug-likeness (QED) is 0.605. The molecule has 1 rings (SSSR count). The van der Waals surface area contributed by atoms with Crippen molar-refractivity contribution in [3.63, 3.8) is 0 Å². The van der Waals surface area contributed by atoms with Crippen LogP contribution in [0.3, 0.4) is 0 Å². The molecule has 0 radical (unpaired) electrons. The molecular weight excluding hydrogens is 208 g/mol. The fraction of sp³-hybridized carbons (Fsp3) is 0.625. The van der Waals surface area contributed by atoms with E-state index in [0.717, 1.165) is 18.0 Å². The summed E-state index contributed by atoms with van der Waals surface area (Å²) in [6, 6.07) is 0. The number of hydrogen-bond acceptors (Lipinski definition) is 3. The van der Waals surface area contributed by atoms with Crippen molar-refractivity contribution < 1.29 is 4.74 Å². The third-order valence-electron chi connectivity index (χ3n) is 1.59. The van der Waals surface area contributed by atoms with E-state index in [2.05, 4.69) is 17.7 Å². The second kappa shape index (κ2) is 5.52. The Hall–Kier alpha value is -0.190. The predicted octanol–water partition coefficient (Wildman–Crippen LogP) is 1.79. The molecule has 0 aliphatic heterocycles. The normalized spacial score (nSPS) is 10.7. The van der Waals surface area contributed by atoms with Crippen LogP contribution in [-0.2, 0) is 11.3 Å². The molecule has 0 saturated heterocycles. The summed E-state index contributed by atoms with van der Waals surface area (Å²) >= 11 is 9.87. The summed E-state index contributed by atoms with van der Waals surface area (Å²) < 4.78 is 7.04. The van der Waals surface area contributed by atoms with E-state index in [9.17, 15) is 0 Å². The Balaban J connectivity index is 2.29. The Morgan fingerprint density at radius 2 is 2.38 bits per heavy atom. The standard InChI is InChI=1S/C8H13ClN2OS/c1-7-8(9)6-11(10-7)2-3-12-4-5-13/h6,13H,2-5H2,1H3. The lowest BCUT2D eigenvalue weighted by atomic mass is 10.5. The third kappa shape index (κ3) is 3.58. The van der Waals surface area contributed by atoms with Crippen molar-refractivity contribution in [3.05, 3.63) is 16.9 Å². The molecule has 1 aromatic rings. The summed E-state index contributed by atoms with van der Waals surface area (Å²) in [5.41, 5.74) is 0.857. The molecule has 3 nitrogen and oxygen atoms in total. The number of nitrogens with zero attached hydrogens (tertiary/aromatic N) is 2. The van der Waals surface area contributed by atoms with Crippen LogP contribution in [0.4, 0.5) is 0 Å². The van der Waals surface area contributed by atoms with Gasteiger partial charge in [-0.05, 0) is 6.92 Å². The summed E-state index contributed by atoms with van der Waals surface area (Å²) in [5, 5.41) is 4.90. The Morgan fingerprint density at radius 1 is 1.62 bits per heavy atom. The van der Waals surface area contributed by atoms with Crippen molar-refractivity contribution in [2.75, 3.05) is 19.0 Å². The zero-order chi connectivity index (χ0) is 9.68. The fourth-order valence-electron chi connectivity index (χ4n) is 0.933. The van der Waals surface area contributed by atoms with Gasteiger partial charge in [-0.15, -0.1) is 0 Å². The van der Waals surface area contributed by atoms with E-state index in [1.807, 2.05) is 6.92 Å². The molecule has 0 spiro atoms. The minimum absolute atomic E-state index is 0.651. The lowest BCUT2D eigenvalue weighted by Crippen LogP contribution is -2.07. The minimum atomic E-state index is 0.651. The van der Waals surface area contributed by atoms with Crippen molar-refractivity contribution >= 4 is 24.2 Å². The maximum Gasteiger partial charge on any atom is 0.0814 e. The summed E-state index contributed by atoms with van der Waals surface area (Å²) in [5.74, 6) is 0.749. The first-order valence-corrected chi connectivity index (χ1v) is 5.13. The first kappa shape index (κ1) is 10.9. The van der Waals surface area contributed by atoms with Crippen LogP contribution in [0.2, 0.25) is 5.02 Å². The van der Waals surface area contributed by atoms with Gasteiger partial charge in [0.15, 0.2) is 0 Å². The summed E-state index contributed by atoms with van der Waals surface area (Å²) in [6.45, 7) is 3.95. The largest absolute Gasteiger partial charge is 0.379 e. The third-order valence-corrected chi connectivity index (χ3v) is 2.14. The highest BCUT2D eigenvalue weighted by Crippen LogP contribution is 2.11. The van der Waals surface area contributed by atoms with E-state index in [0.29, 0.717) is 18.2 Å². The smallest absolute Gasteiger partial charge is 0.0814 e. The van der Waals surface area contributed by atoms with Gasteiger partial charge in [0.2, 0.25) is 0 Å². The van der Waals surface area contributed by atoms with Gasteiger partial charge in [0.25, 0.3) is 0 Å². The number of ether oxygens (including phenoxy) is 1. The van der Waals surface area contributed by atoms with Crippen LogP contribution in [0.5, 0.6) is 0 Å². The van der Waals surface area contributed by atoms with Gasteiger partial charge in [0.1, 0.15) is 0 Å². The van der Waals surface area contributed by atoms with Crippen molar-refractivity contribution in [2.24, 2.45) is 0 Å². The van der Waals surface area contributed by atoms with Gasteiger partial charge in [-0.1, -0.05) is 11.6 Å². The molecular formula is C8H13ClN2OS. The molecule has 0 aromatic carbocycles. The van der Waals surface area contributed by atoms with Crippen molar-refractivity contribution in [1.82, 2.24) is 9.78 Å². The molecule has 0 atom stereocenters. The van der Waals surface area contributed by atoms with Crippen molar-refractivity contribution in [2.45, 2.75) is 13.5 Å². The Kier molecular flexibility index (Phi) is 4.62. The number of aryl methyl sites for hydroxylation is 1. The van der Waals surface area contributed by atoms with Crippen LogP contribution < -0.4 is 0 Å². The highest BCUT2D eigenvalue weighted by molar-refractivity contribution is 7.80. The van der Waals surface area contributed by atoms with E-state index in [1.54, 1.807) is 10.9 Å². The number of halogens is 1. The first-order valence-electron chi connectivity index (χ1n) is 4.12. The minimum Gasteiger partial charge on any atom is -0.379 e. The monoisotopic (exact) mass is 220 g/mol. The van der Waals surface area contributed by atoms with Gasteiger partial charge < -0.3 is 4.74 Å². The molecule has 0 N–H and O–H groups in total. The molecule has 0 aliphatic carbocycles. The predicted molar refractivity (Wildman–Crippen MR) is 56.6 cm³/mol. The zero-order valence-corrected chi connectivity index (χ0v) is 9.18. The number of thiol groups is 1. The highest BCUT2D eigenvalue weighted by Gasteiger charge is 2.00. The Morgan fingerprint density at radius 3 is 2.92 bits per heavy atom. The number of aromatic nitrogens is 2. The van der Waals surface area contributed by atoms with Crippen LogP contribution >= 0.6 is 24.2 Å². The molecule has 0 aliphatic rings. The number of rotatable bonds is 5. The highest BCUT2D eigenvalue weighted by atomic mass is 35.5. The second-order valence-corrected chi connectivity index (χ2v) is 3.52. The topological polar surface area (TPSA) is 27.1 Å². The average molecular weight is 221 g/mol. The zero-order valence-electron chi connectivity index (χ0n) is 7.53. The molecule has 13 heavy (non-hydrogen) atoms. The van der Waals surface area contributed by atoms with Gasteiger partial charge in [-0.3, -0.25) is 4.68 Å². The van der Waals surface area contributed by atoms with Gasteiger partial charge in [0, 0.05) is 11.9 Å². The molecule has 0 bridgehead atoms. The maximum absolute atomic E-state index is 5.83. The van der Waals surface area contributed by atoms with E-state index in [-0.39, 0.29) is 0 Å². The molecule has 0 fully saturated rings. The van der Waals surface area contributed by atoms with Crippen LogP contribution in [0.25, 0.3) is 0 Å². The van der Waals surface area contributed by atoms with Gasteiger partial charge in [-0.2, -0.15) is 17.7 Å². The first-order chi connectivity index (χ1) is 6.24. The van der Waals surface area contributed by atoms with Crippen LogP contribution in [0.1, 0.15) is 5.69 Å². The van der Waals surface area contributed by atoms with Crippen molar-refractivity contribution in [3.8, 4) is 0 Å². The molecule has 5 heteroatoms. The summed E-state index contributed by atoms with van der Waals surface area (Å²) in [6.07, 6.45) is 1.81. The summed E-state index contributed by atoms with van der Waals surface area (Å²) in [4.78, 5) is 0.